The Morgan fingerprint density at radius 2 is 1.81 bits per heavy atom. The van der Waals surface area contributed by atoms with Crippen LogP contribution in [0.4, 0.5) is 28.9 Å². The van der Waals surface area contributed by atoms with Gasteiger partial charge in [0.1, 0.15) is 17.3 Å². The Bertz CT molecular complexity index is 1580. The summed E-state index contributed by atoms with van der Waals surface area (Å²) in [6.07, 6.45) is -2.26. The molecule has 1 amide bonds. The van der Waals surface area contributed by atoms with Gasteiger partial charge in [-0.2, -0.15) is 5.10 Å². The van der Waals surface area contributed by atoms with Gasteiger partial charge in [-0.1, -0.05) is 13.0 Å². The standard InChI is InChI=1S/C30H31F4N5O3.ClH/c1-4-21-18-37(13-14-38(21)22-6-8-23(9-7-22)42-30(32,33)34)26-10-5-20(15-25(26)31)17-35-29(40)28-19(2)36-39-12-11-24(41-3)16-27(28)39;/h5-12,15-16,21H,4,13-14,17-18H2,1-3H3,(H,35,40);1H/t21-;/m0./s1. The molecule has 1 atom stereocenters. The molecule has 2 aromatic carbocycles. The molecule has 2 aromatic heterocycles. The van der Waals surface area contributed by atoms with Gasteiger partial charge in [-0.25, -0.2) is 8.91 Å². The maximum absolute atomic E-state index is 15.3. The van der Waals surface area contributed by atoms with E-state index < -0.39 is 12.2 Å². The van der Waals surface area contributed by atoms with Crippen molar-refractivity contribution in [3.8, 4) is 11.5 Å². The lowest BCUT2D eigenvalue weighted by Gasteiger charge is -2.43. The van der Waals surface area contributed by atoms with E-state index in [9.17, 15) is 18.0 Å². The van der Waals surface area contributed by atoms with E-state index in [1.807, 2.05) is 11.8 Å². The average Bonchev–Trinajstić information content (AvgIpc) is 3.30. The van der Waals surface area contributed by atoms with Crippen molar-refractivity contribution in [2.24, 2.45) is 0 Å². The molecule has 0 saturated carbocycles. The normalized spacial score (nSPS) is 15.3. The van der Waals surface area contributed by atoms with Crippen molar-refractivity contribution in [3.63, 3.8) is 0 Å². The number of halogens is 5. The first kappa shape index (κ1) is 31.7. The first-order chi connectivity index (χ1) is 20.1. The molecule has 0 bridgehead atoms. The summed E-state index contributed by atoms with van der Waals surface area (Å²) in [6.45, 7) is 5.55. The van der Waals surface area contributed by atoms with Crippen molar-refractivity contribution in [3.05, 3.63) is 83.4 Å². The molecule has 5 rings (SSSR count). The molecule has 0 unspecified atom stereocenters. The highest BCUT2D eigenvalue weighted by molar-refractivity contribution is 6.02. The number of ether oxygens (including phenoxy) is 2. The Balaban J connectivity index is 0.00000423. The number of hydrogen-bond donors (Lipinski definition) is 1. The second kappa shape index (κ2) is 13.0. The Kier molecular flexibility index (Phi) is 9.59. The highest BCUT2D eigenvalue weighted by Gasteiger charge is 2.32. The zero-order valence-corrected chi connectivity index (χ0v) is 24.6. The predicted octanol–water partition coefficient (Wildman–Crippen LogP) is 6.15. The summed E-state index contributed by atoms with van der Waals surface area (Å²) in [7, 11) is 1.55. The van der Waals surface area contributed by atoms with Crippen LogP contribution in [0.1, 0.15) is 35.0 Å². The van der Waals surface area contributed by atoms with E-state index in [-0.39, 0.29) is 36.7 Å². The van der Waals surface area contributed by atoms with Gasteiger partial charge in [-0.3, -0.25) is 4.79 Å². The molecule has 1 fully saturated rings. The van der Waals surface area contributed by atoms with Gasteiger partial charge in [0.25, 0.3) is 5.91 Å². The van der Waals surface area contributed by atoms with Crippen LogP contribution in [0.25, 0.3) is 5.52 Å². The maximum atomic E-state index is 15.3. The summed E-state index contributed by atoms with van der Waals surface area (Å²) >= 11 is 0. The van der Waals surface area contributed by atoms with Gasteiger partial charge in [-0.15, -0.1) is 25.6 Å². The number of alkyl halides is 3. The molecule has 1 aliphatic rings. The van der Waals surface area contributed by atoms with Crippen LogP contribution in [0.15, 0.2) is 60.8 Å². The molecule has 13 heteroatoms. The van der Waals surface area contributed by atoms with E-state index in [4.69, 9.17) is 4.74 Å². The van der Waals surface area contributed by atoms with Crippen LogP contribution in [0.5, 0.6) is 11.5 Å². The number of carbonyl (C=O) groups excluding carboxylic acids is 1. The minimum absolute atomic E-state index is 0. The van der Waals surface area contributed by atoms with Gasteiger partial charge < -0.3 is 24.6 Å². The van der Waals surface area contributed by atoms with Gasteiger partial charge in [0.05, 0.1) is 29.6 Å². The molecule has 1 aliphatic heterocycles. The summed E-state index contributed by atoms with van der Waals surface area (Å²) in [5, 5.41) is 7.24. The monoisotopic (exact) mass is 621 g/mol. The molecule has 0 aliphatic carbocycles. The number of methoxy groups -OCH3 is 1. The summed E-state index contributed by atoms with van der Waals surface area (Å²) in [5.41, 5.74) is 3.46. The predicted molar refractivity (Wildman–Crippen MR) is 158 cm³/mol. The number of aryl methyl sites for hydroxylation is 1. The smallest absolute Gasteiger partial charge is 0.497 e. The number of nitrogens with zero attached hydrogens (tertiary/aromatic N) is 4. The molecule has 1 N–H and O–H groups in total. The molecular weight excluding hydrogens is 590 g/mol. The molecular formula is C30H32ClF4N5O3. The average molecular weight is 622 g/mol. The summed E-state index contributed by atoms with van der Waals surface area (Å²) in [6, 6.07) is 14.3. The fraction of sp³-hybridized carbons (Fsp3) is 0.333. The fourth-order valence-electron chi connectivity index (χ4n) is 5.34. The van der Waals surface area contributed by atoms with E-state index in [0.29, 0.717) is 53.4 Å². The Hall–Kier alpha value is -4.19. The van der Waals surface area contributed by atoms with Gasteiger partial charge in [0, 0.05) is 50.2 Å². The number of piperazine rings is 1. The van der Waals surface area contributed by atoms with Crippen LogP contribution in [0, 0.1) is 12.7 Å². The molecule has 0 spiro atoms. The van der Waals surface area contributed by atoms with Crippen LogP contribution in [-0.2, 0) is 6.54 Å². The van der Waals surface area contributed by atoms with Crippen molar-refractivity contribution in [2.45, 2.75) is 39.2 Å². The first-order valence-electron chi connectivity index (χ1n) is 13.5. The summed E-state index contributed by atoms with van der Waals surface area (Å²) < 4.78 is 63.7. The second-order valence-corrected chi connectivity index (χ2v) is 10.1. The number of rotatable bonds is 8. The number of pyridine rings is 1. The van der Waals surface area contributed by atoms with E-state index >= 15 is 4.39 Å². The number of benzene rings is 2. The Labute approximate surface area is 252 Å². The van der Waals surface area contributed by atoms with Crippen molar-refractivity contribution in [2.75, 3.05) is 36.5 Å². The Morgan fingerprint density at radius 1 is 1.07 bits per heavy atom. The van der Waals surface area contributed by atoms with E-state index in [0.717, 1.165) is 12.1 Å². The van der Waals surface area contributed by atoms with Gasteiger partial charge in [0.15, 0.2) is 0 Å². The molecule has 230 valence electrons. The van der Waals surface area contributed by atoms with E-state index in [2.05, 4.69) is 20.1 Å². The van der Waals surface area contributed by atoms with Crippen molar-refractivity contribution in [1.29, 1.82) is 0 Å². The largest absolute Gasteiger partial charge is 0.573 e. The highest BCUT2D eigenvalue weighted by atomic mass is 35.5. The van der Waals surface area contributed by atoms with Crippen molar-refractivity contribution < 1.29 is 31.8 Å². The number of fused-ring (bicyclic) bond motifs is 1. The van der Waals surface area contributed by atoms with Crippen molar-refractivity contribution in [1.82, 2.24) is 14.9 Å². The van der Waals surface area contributed by atoms with Crippen LogP contribution in [-0.4, -0.2) is 54.7 Å². The Morgan fingerprint density at radius 3 is 2.47 bits per heavy atom. The third-order valence-corrected chi connectivity index (χ3v) is 7.41. The SMILES string of the molecule is CC[C@H]1CN(c2ccc(CNC(=O)c3c(C)nn4ccc(OC)cc34)cc2F)CCN1c1ccc(OC(F)(F)F)cc1.Cl. The zero-order chi connectivity index (χ0) is 30.0. The van der Waals surface area contributed by atoms with Crippen molar-refractivity contribution >= 4 is 35.2 Å². The van der Waals surface area contributed by atoms with Crippen LogP contribution >= 0.6 is 12.4 Å². The first-order valence-corrected chi connectivity index (χ1v) is 13.5. The third kappa shape index (κ3) is 7.07. The zero-order valence-electron chi connectivity index (χ0n) is 23.8. The molecule has 3 heterocycles. The number of anilines is 2. The molecule has 0 radical (unpaired) electrons. The third-order valence-electron chi connectivity index (χ3n) is 7.41. The maximum Gasteiger partial charge on any atom is 0.573 e. The number of hydrogen-bond acceptors (Lipinski definition) is 6. The lowest BCUT2D eigenvalue weighted by molar-refractivity contribution is -0.274. The minimum atomic E-state index is -4.74. The van der Waals surface area contributed by atoms with Crippen LogP contribution in [0.2, 0.25) is 0 Å². The fourth-order valence-corrected chi connectivity index (χ4v) is 5.34. The van der Waals surface area contributed by atoms with E-state index in [1.165, 1.54) is 18.2 Å². The molecule has 4 aromatic rings. The van der Waals surface area contributed by atoms with Crippen LogP contribution in [0.3, 0.4) is 0 Å². The van der Waals surface area contributed by atoms with Gasteiger partial charge >= 0.3 is 6.36 Å². The second-order valence-electron chi connectivity index (χ2n) is 10.1. The number of nitrogens with one attached hydrogen (secondary N) is 1. The number of carbonyl (C=O) groups is 1. The minimum Gasteiger partial charge on any atom is -0.497 e. The van der Waals surface area contributed by atoms with Gasteiger partial charge in [-0.05, 0) is 61.4 Å². The van der Waals surface area contributed by atoms with Crippen LogP contribution < -0.4 is 24.6 Å². The number of aromatic nitrogens is 2. The van der Waals surface area contributed by atoms with E-state index in [1.54, 1.807) is 61.1 Å². The van der Waals surface area contributed by atoms with Gasteiger partial charge in [0.2, 0.25) is 0 Å². The lowest BCUT2D eigenvalue weighted by atomic mass is 10.1. The highest BCUT2D eigenvalue weighted by Crippen LogP contribution is 2.30. The summed E-state index contributed by atoms with van der Waals surface area (Å²) in [5.74, 6) is -0.380. The lowest BCUT2D eigenvalue weighted by Crippen LogP contribution is -2.53. The molecule has 43 heavy (non-hydrogen) atoms. The molecule has 1 saturated heterocycles. The quantitative estimate of drug-likeness (QED) is 0.238. The number of amides is 1. The molecule has 8 nitrogen and oxygen atoms in total. The topological polar surface area (TPSA) is 71.3 Å². The summed E-state index contributed by atoms with van der Waals surface area (Å²) in [4.78, 5) is 17.1.